The molecule has 1 fully saturated rings. The Kier molecular flexibility index (Phi) is 3.68. The van der Waals surface area contributed by atoms with E-state index in [4.69, 9.17) is 0 Å². The van der Waals surface area contributed by atoms with E-state index in [1.165, 1.54) is 12.8 Å². The number of likely N-dealkylation sites (N-methyl/N-ethyl adjacent to an activating group) is 1. The summed E-state index contributed by atoms with van der Waals surface area (Å²) >= 11 is 0. The summed E-state index contributed by atoms with van der Waals surface area (Å²) in [6, 6.07) is 10.5. The second kappa shape index (κ2) is 5.61. The molecule has 104 valence electrons. The lowest BCUT2D eigenvalue weighted by molar-refractivity contribution is -0.131. The minimum absolute atomic E-state index is 0.204. The predicted molar refractivity (Wildman–Crippen MR) is 80.5 cm³/mol. The SMILES string of the molecule is CN(C(=O)Cc1cccc2cccnc12)C1CCCC1. The minimum atomic E-state index is 0.204. The van der Waals surface area contributed by atoms with Crippen LogP contribution in [-0.2, 0) is 11.2 Å². The number of carbonyl (C=O) groups is 1. The Hall–Kier alpha value is -1.90. The third-order valence-corrected chi connectivity index (χ3v) is 4.32. The molecule has 0 atom stereocenters. The monoisotopic (exact) mass is 268 g/mol. The third kappa shape index (κ3) is 2.53. The van der Waals surface area contributed by atoms with E-state index in [2.05, 4.69) is 4.98 Å². The van der Waals surface area contributed by atoms with Crippen LogP contribution in [0.3, 0.4) is 0 Å². The van der Waals surface area contributed by atoms with Crippen molar-refractivity contribution in [1.82, 2.24) is 9.88 Å². The largest absolute Gasteiger partial charge is 0.342 e. The molecule has 1 saturated carbocycles. The molecule has 1 heterocycles. The van der Waals surface area contributed by atoms with E-state index in [-0.39, 0.29) is 5.91 Å². The van der Waals surface area contributed by atoms with Gasteiger partial charge in [0, 0.05) is 24.7 Å². The first-order valence-corrected chi connectivity index (χ1v) is 7.34. The van der Waals surface area contributed by atoms with Crippen LogP contribution in [0.15, 0.2) is 36.5 Å². The second-order valence-corrected chi connectivity index (χ2v) is 5.61. The van der Waals surface area contributed by atoms with Crippen LogP contribution in [0.25, 0.3) is 10.9 Å². The van der Waals surface area contributed by atoms with Gasteiger partial charge in [-0.3, -0.25) is 9.78 Å². The Morgan fingerprint density at radius 2 is 2.00 bits per heavy atom. The van der Waals surface area contributed by atoms with Crippen molar-refractivity contribution in [2.75, 3.05) is 7.05 Å². The number of hydrogen-bond donors (Lipinski definition) is 0. The van der Waals surface area contributed by atoms with Gasteiger partial charge in [-0.05, 0) is 24.5 Å². The van der Waals surface area contributed by atoms with Crippen LogP contribution in [-0.4, -0.2) is 28.9 Å². The lowest BCUT2D eigenvalue weighted by atomic mass is 10.1. The average molecular weight is 268 g/mol. The molecule has 3 heteroatoms. The first-order chi connectivity index (χ1) is 9.75. The number of pyridine rings is 1. The molecule has 20 heavy (non-hydrogen) atoms. The maximum Gasteiger partial charge on any atom is 0.227 e. The van der Waals surface area contributed by atoms with E-state index in [0.717, 1.165) is 29.3 Å². The molecule has 0 aliphatic heterocycles. The highest BCUT2D eigenvalue weighted by Gasteiger charge is 2.23. The normalized spacial score (nSPS) is 15.7. The van der Waals surface area contributed by atoms with E-state index >= 15 is 0 Å². The molecule has 0 spiro atoms. The van der Waals surface area contributed by atoms with Crippen molar-refractivity contribution in [3.05, 3.63) is 42.1 Å². The summed E-state index contributed by atoms with van der Waals surface area (Å²) in [5, 5.41) is 1.10. The predicted octanol–water partition coefficient (Wildman–Crippen LogP) is 3.18. The number of fused-ring (bicyclic) bond motifs is 1. The highest BCUT2D eigenvalue weighted by Crippen LogP contribution is 2.23. The van der Waals surface area contributed by atoms with Gasteiger partial charge in [-0.2, -0.15) is 0 Å². The summed E-state index contributed by atoms with van der Waals surface area (Å²) in [6.45, 7) is 0. The second-order valence-electron chi connectivity index (χ2n) is 5.61. The number of hydrogen-bond acceptors (Lipinski definition) is 2. The van der Waals surface area contributed by atoms with Gasteiger partial charge in [0.2, 0.25) is 5.91 Å². The molecule has 3 rings (SSSR count). The van der Waals surface area contributed by atoms with E-state index in [1.807, 2.05) is 42.3 Å². The van der Waals surface area contributed by atoms with Crippen molar-refractivity contribution < 1.29 is 4.79 Å². The molecule has 0 radical (unpaired) electrons. The molecule has 0 saturated heterocycles. The summed E-state index contributed by atoms with van der Waals surface area (Å²) in [5.74, 6) is 0.204. The zero-order valence-electron chi connectivity index (χ0n) is 11.9. The van der Waals surface area contributed by atoms with E-state index in [0.29, 0.717) is 12.5 Å². The molecule has 1 aromatic heterocycles. The van der Waals surface area contributed by atoms with Crippen LogP contribution in [0.2, 0.25) is 0 Å². The topological polar surface area (TPSA) is 33.2 Å². The van der Waals surface area contributed by atoms with E-state index < -0.39 is 0 Å². The Morgan fingerprint density at radius 3 is 2.80 bits per heavy atom. The van der Waals surface area contributed by atoms with Gasteiger partial charge in [0.05, 0.1) is 11.9 Å². The maximum atomic E-state index is 12.4. The fourth-order valence-electron chi connectivity index (χ4n) is 3.09. The number of benzene rings is 1. The van der Waals surface area contributed by atoms with Gasteiger partial charge < -0.3 is 4.90 Å². The molecule has 0 bridgehead atoms. The number of para-hydroxylation sites is 1. The molecule has 3 nitrogen and oxygen atoms in total. The average Bonchev–Trinajstić information content (AvgIpc) is 3.01. The third-order valence-electron chi connectivity index (χ3n) is 4.32. The number of nitrogens with zero attached hydrogens (tertiary/aromatic N) is 2. The zero-order chi connectivity index (χ0) is 13.9. The summed E-state index contributed by atoms with van der Waals surface area (Å²) < 4.78 is 0. The van der Waals surface area contributed by atoms with Gasteiger partial charge in [0.25, 0.3) is 0 Å². The van der Waals surface area contributed by atoms with Crippen LogP contribution >= 0.6 is 0 Å². The van der Waals surface area contributed by atoms with E-state index in [9.17, 15) is 4.79 Å². The van der Waals surface area contributed by atoms with Gasteiger partial charge in [-0.15, -0.1) is 0 Å². The summed E-state index contributed by atoms with van der Waals surface area (Å²) in [7, 11) is 1.94. The van der Waals surface area contributed by atoms with Crippen molar-refractivity contribution in [1.29, 1.82) is 0 Å². The zero-order valence-corrected chi connectivity index (χ0v) is 11.9. The van der Waals surface area contributed by atoms with Gasteiger partial charge in [0.1, 0.15) is 0 Å². The summed E-state index contributed by atoms with van der Waals surface area (Å²) in [6.07, 6.45) is 7.03. The molecule has 2 aromatic rings. The summed E-state index contributed by atoms with van der Waals surface area (Å²) in [4.78, 5) is 18.8. The van der Waals surface area contributed by atoms with Crippen molar-refractivity contribution in [3.63, 3.8) is 0 Å². The summed E-state index contributed by atoms with van der Waals surface area (Å²) in [5.41, 5.74) is 1.97. The first kappa shape index (κ1) is 13.1. The number of amides is 1. The van der Waals surface area contributed by atoms with Crippen LogP contribution in [0.1, 0.15) is 31.2 Å². The molecule has 0 N–H and O–H groups in total. The molecule has 1 aliphatic rings. The van der Waals surface area contributed by atoms with Crippen LogP contribution < -0.4 is 0 Å². The minimum Gasteiger partial charge on any atom is -0.342 e. The van der Waals surface area contributed by atoms with E-state index in [1.54, 1.807) is 6.20 Å². The molecular weight excluding hydrogens is 248 g/mol. The smallest absolute Gasteiger partial charge is 0.227 e. The number of aromatic nitrogens is 1. The van der Waals surface area contributed by atoms with Gasteiger partial charge in [-0.1, -0.05) is 37.1 Å². The van der Waals surface area contributed by atoms with Crippen LogP contribution in [0.5, 0.6) is 0 Å². The lowest BCUT2D eigenvalue weighted by Gasteiger charge is -2.24. The Bertz CT molecular complexity index is 612. The molecule has 1 aliphatic carbocycles. The fourth-order valence-corrected chi connectivity index (χ4v) is 3.09. The molecule has 1 amide bonds. The maximum absolute atomic E-state index is 12.4. The Balaban J connectivity index is 1.80. The Morgan fingerprint density at radius 1 is 1.25 bits per heavy atom. The lowest BCUT2D eigenvalue weighted by Crippen LogP contribution is -2.36. The van der Waals surface area contributed by atoms with Crippen molar-refractivity contribution in [2.24, 2.45) is 0 Å². The quantitative estimate of drug-likeness (QED) is 0.856. The van der Waals surface area contributed by atoms with Crippen molar-refractivity contribution >= 4 is 16.8 Å². The molecule has 0 unspecified atom stereocenters. The molecule has 1 aromatic carbocycles. The first-order valence-electron chi connectivity index (χ1n) is 7.34. The van der Waals surface area contributed by atoms with Gasteiger partial charge in [-0.25, -0.2) is 0 Å². The number of carbonyl (C=O) groups excluding carboxylic acids is 1. The highest BCUT2D eigenvalue weighted by atomic mass is 16.2. The van der Waals surface area contributed by atoms with Crippen molar-refractivity contribution in [2.45, 2.75) is 38.1 Å². The highest BCUT2D eigenvalue weighted by molar-refractivity contribution is 5.87. The molecular formula is C17H20N2O. The van der Waals surface area contributed by atoms with Crippen LogP contribution in [0, 0.1) is 0 Å². The number of rotatable bonds is 3. The van der Waals surface area contributed by atoms with Crippen LogP contribution in [0.4, 0.5) is 0 Å². The standard InChI is InChI=1S/C17H20N2O/c1-19(15-9-2-3-10-15)16(20)12-14-7-4-6-13-8-5-11-18-17(13)14/h4-8,11,15H,2-3,9-10,12H2,1H3. The van der Waals surface area contributed by atoms with Gasteiger partial charge in [0.15, 0.2) is 0 Å². The fraction of sp³-hybridized carbons (Fsp3) is 0.412. The van der Waals surface area contributed by atoms with Crippen molar-refractivity contribution in [3.8, 4) is 0 Å². The van der Waals surface area contributed by atoms with Gasteiger partial charge >= 0.3 is 0 Å². The Labute approximate surface area is 119 Å².